The molecule has 2 amide bonds. The zero-order valence-corrected chi connectivity index (χ0v) is 12.4. The van der Waals surface area contributed by atoms with Crippen LogP contribution < -0.4 is 10.6 Å². The van der Waals surface area contributed by atoms with E-state index in [1.807, 2.05) is 6.07 Å². The van der Waals surface area contributed by atoms with Crippen molar-refractivity contribution in [2.45, 2.75) is 6.42 Å². The number of rotatable bonds is 5. The molecule has 0 bridgehead atoms. The molecular formula is C16H14ClFN2O2. The highest BCUT2D eigenvalue weighted by Gasteiger charge is 2.09. The van der Waals surface area contributed by atoms with Crippen LogP contribution in [0.2, 0.25) is 5.02 Å². The molecule has 2 N–H and O–H groups in total. The smallest absolute Gasteiger partial charge is 0.251 e. The molecule has 0 aromatic heterocycles. The normalized spacial score (nSPS) is 10.1. The van der Waals surface area contributed by atoms with Gasteiger partial charge in [-0.1, -0.05) is 29.8 Å². The Kier molecular flexibility index (Phi) is 5.49. The summed E-state index contributed by atoms with van der Waals surface area (Å²) in [7, 11) is 0. The van der Waals surface area contributed by atoms with Gasteiger partial charge in [0.25, 0.3) is 5.91 Å². The van der Waals surface area contributed by atoms with Crippen molar-refractivity contribution in [3.05, 3.63) is 64.9 Å². The molecule has 0 aliphatic rings. The van der Waals surface area contributed by atoms with Crippen LogP contribution in [0.5, 0.6) is 0 Å². The molecule has 0 fully saturated rings. The van der Waals surface area contributed by atoms with Crippen molar-refractivity contribution < 1.29 is 14.0 Å². The van der Waals surface area contributed by atoms with E-state index < -0.39 is 11.7 Å². The molecule has 0 aliphatic heterocycles. The molecule has 22 heavy (non-hydrogen) atoms. The average Bonchev–Trinajstić information content (AvgIpc) is 2.51. The van der Waals surface area contributed by atoms with Crippen molar-refractivity contribution >= 4 is 29.1 Å². The molecule has 0 saturated heterocycles. The number of nitrogens with one attached hydrogen (secondary N) is 2. The van der Waals surface area contributed by atoms with Crippen LogP contribution in [-0.2, 0) is 4.79 Å². The summed E-state index contributed by atoms with van der Waals surface area (Å²) in [5.41, 5.74) is 0.538. The average molecular weight is 321 g/mol. The van der Waals surface area contributed by atoms with Crippen molar-refractivity contribution in [1.29, 1.82) is 0 Å². The van der Waals surface area contributed by atoms with Crippen LogP contribution in [0.4, 0.5) is 10.1 Å². The summed E-state index contributed by atoms with van der Waals surface area (Å²) in [4.78, 5) is 23.5. The minimum atomic E-state index is -0.564. The maximum absolute atomic E-state index is 13.5. The van der Waals surface area contributed by atoms with Gasteiger partial charge >= 0.3 is 0 Å². The first kappa shape index (κ1) is 16.0. The Balaban J connectivity index is 1.81. The summed E-state index contributed by atoms with van der Waals surface area (Å²) in [6.07, 6.45) is 0.0323. The van der Waals surface area contributed by atoms with Crippen molar-refractivity contribution in [3.8, 4) is 0 Å². The fourth-order valence-corrected chi connectivity index (χ4v) is 1.96. The Hall–Kier alpha value is -2.40. The Morgan fingerprint density at radius 3 is 2.55 bits per heavy atom. The van der Waals surface area contributed by atoms with Gasteiger partial charge in [0.2, 0.25) is 5.91 Å². The molecule has 0 atom stereocenters. The molecule has 6 heteroatoms. The number of benzene rings is 2. The van der Waals surface area contributed by atoms with Crippen molar-refractivity contribution in [2.75, 3.05) is 11.9 Å². The monoisotopic (exact) mass is 320 g/mol. The lowest BCUT2D eigenvalue weighted by molar-refractivity contribution is -0.116. The van der Waals surface area contributed by atoms with E-state index in [1.165, 1.54) is 18.2 Å². The molecule has 2 aromatic rings. The van der Waals surface area contributed by atoms with Gasteiger partial charge in [-0.15, -0.1) is 0 Å². The van der Waals surface area contributed by atoms with Gasteiger partial charge in [0.05, 0.1) is 5.69 Å². The van der Waals surface area contributed by atoms with E-state index in [9.17, 15) is 14.0 Å². The highest BCUT2D eigenvalue weighted by atomic mass is 35.5. The first-order valence-corrected chi connectivity index (χ1v) is 7.02. The Morgan fingerprint density at radius 2 is 1.82 bits per heavy atom. The minimum Gasteiger partial charge on any atom is -0.352 e. The third-order valence-electron chi connectivity index (χ3n) is 2.88. The first-order chi connectivity index (χ1) is 10.6. The second-order valence-electron chi connectivity index (χ2n) is 4.54. The number of carbonyl (C=O) groups excluding carboxylic acids is 2. The lowest BCUT2D eigenvalue weighted by Crippen LogP contribution is -2.27. The van der Waals surface area contributed by atoms with E-state index in [2.05, 4.69) is 10.6 Å². The molecule has 4 nitrogen and oxygen atoms in total. The molecule has 0 unspecified atom stereocenters. The van der Waals surface area contributed by atoms with Gasteiger partial charge in [-0.25, -0.2) is 4.39 Å². The SMILES string of the molecule is O=C(CCNC(=O)c1ccccc1)Nc1cc(Cl)ccc1F. The van der Waals surface area contributed by atoms with Gasteiger partial charge in [-0.2, -0.15) is 0 Å². The lowest BCUT2D eigenvalue weighted by Gasteiger charge is -2.08. The maximum Gasteiger partial charge on any atom is 0.251 e. The quantitative estimate of drug-likeness (QED) is 0.888. The fourth-order valence-electron chi connectivity index (χ4n) is 1.79. The lowest BCUT2D eigenvalue weighted by atomic mass is 10.2. The fraction of sp³-hybridized carbons (Fsp3) is 0.125. The van der Waals surface area contributed by atoms with E-state index in [0.29, 0.717) is 10.6 Å². The molecule has 2 rings (SSSR count). The Morgan fingerprint density at radius 1 is 1.09 bits per heavy atom. The van der Waals surface area contributed by atoms with Gasteiger partial charge in [0, 0.05) is 23.6 Å². The van der Waals surface area contributed by atoms with Crippen LogP contribution in [0, 0.1) is 5.82 Å². The number of hydrogen-bond donors (Lipinski definition) is 2. The molecule has 0 saturated carbocycles. The molecule has 0 heterocycles. The van der Waals surface area contributed by atoms with E-state index >= 15 is 0 Å². The van der Waals surface area contributed by atoms with Crippen LogP contribution in [0.1, 0.15) is 16.8 Å². The Labute approximate surface area is 132 Å². The summed E-state index contributed by atoms with van der Waals surface area (Å²) in [6.45, 7) is 0.155. The number of amides is 2. The molecule has 0 radical (unpaired) electrons. The van der Waals surface area contributed by atoms with Gasteiger partial charge in [-0.3, -0.25) is 9.59 Å². The maximum atomic E-state index is 13.5. The third kappa shape index (κ3) is 4.56. The van der Waals surface area contributed by atoms with E-state index in [-0.39, 0.29) is 24.6 Å². The zero-order chi connectivity index (χ0) is 15.9. The highest BCUT2D eigenvalue weighted by molar-refractivity contribution is 6.30. The standard InChI is InChI=1S/C16H14ClFN2O2/c17-12-6-7-13(18)14(10-12)20-15(21)8-9-19-16(22)11-4-2-1-3-5-11/h1-7,10H,8-9H2,(H,19,22)(H,20,21). The van der Waals surface area contributed by atoms with Crippen molar-refractivity contribution in [3.63, 3.8) is 0 Å². The predicted molar refractivity (Wildman–Crippen MR) is 83.4 cm³/mol. The number of anilines is 1. The predicted octanol–water partition coefficient (Wildman–Crippen LogP) is 3.24. The van der Waals surface area contributed by atoms with Gasteiger partial charge < -0.3 is 10.6 Å². The molecule has 114 valence electrons. The van der Waals surface area contributed by atoms with Gasteiger partial charge in [0.1, 0.15) is 5.82 Å². The second-order valence-corrected chi connectivity index (χ2v) is 4.98. The van der Waals surface area contributed by atoms with Crippen LogP contribution in [0.3, 0.4) is 0 Å². The molecule has 0 spiro atoms. The number of carbonyl (C=O) groups is 2. The van der Waals surface area contributed by atoms with Crippen LogP contribution in [0.15, 0.2) is 48.5 Å². The van der Waals surface area contributed by atoms with Gasteiger partial charge in [-0.05, 0) is 30.3 Å². The van der Waals surface area contributed by atoms with Crippen LogP contribution in [0.25, 0.3) is 0 Å². The van der Waals surface area contributed by atoms with Crippen molar-refractivity contribution in [1.82, 2.24) is 5.32 Å². The zero-order valence-electron chi connectivity index (χ0n) is 11.6. The van der Waals surface area contributed by atoms with Crippen molar-refractivity contribution in [2.24, 2.45) is 0 Å². The van der Waals surface area contributed by atoms with E-state index in [4.69, 9.17) is 11.6 Å². The topological polar surface area (TPSA) is 58.2 Å². The van der Waals surface area contributed by atoms with Crippen LogP contribution >= 0.6 is 11.6 Å². The summed E-state index contributed by atoms with van der Waals surface area (Å²) in [5, 5.41) is 5.36. The number of hydrogen-bond acceptors (Lipinski definition) is 2. The summed E-state index contributed by atoms with van der Waals surface area (Å²) in [5.74, 6) is -1.23. The molecular weight excluding hydrogens is 307 g/mol. The molecule has 0 aliphatic carbocycles. The minimum absolute atomic E-state index is 0.0203. The first-order valence-electron chi connectivity index (χ1n) is 6.64. The summed E-state index contributed by atoms with van der Waals surface area (Å²) < 4.78 is 13.5. The molecule has 2 aromatic carbocycles. The summed E-state index contributed by atoms with van der Waals surface area (Å²) >= 11 is 5.74. The van der Waals surface area contributed by atoms with E-state index in [0.717, 1.165) is 0 Å². The summed E-state index contributed by atoms with van der Waals surface area (Å²) in [6, 6.07) is 12.6. The largest absolute Gasteiger partial charge is 0.352 e. The van der Waals surface area contributed by atoms with Gasteiger partial charge in [0.15, 0.2) is 0 Å². The van der Waals surface area contributed by atoms with E-state index in [1.54, 1.807) is 24.3 Å². The Bertz CT molecular complexity index is 677. The van der Waals surface area contributed by atoms with Crippen LogP contribution in [-0.4, -0.2) is 18.4 Å². The number of halogens is 2. The third-order valence-corrected chi connectivity index (χ3v) is 3.11. The highest BCUT2D eigenvalue weighted by Crippen LogP contribution is 2.19. The second kappa shape index (κ2) is 7.56.